The van der Waals surface area contributed by atoms with Crippen LogP contribution >= 0.6 is 11.3 Å². The Morgan fingerprint density at radius 3 is 2.77 bits per heavy atom. The van der Waals surface area contributed by atoms with Gasteiger partial charge in [-0.05, 0) is 61.2 Å². The minimum absolute atomic E-state index is 0.155. The number of carbonyl (C=O) groups is 2. The second-order valence-corrected chi connectivity index (χ2v) is 8.97. The van der Waals surface area contributed by atoms with Crippen molar-refractivity contribution < 1.29 is 24.2 Å². The van der Waals surface area contributed by atoms with Crippen LogP contribution in [0.5, 0.6) is 11.5 Å². The Kier molecular flexibility index (Phi) is 8.95. The number of hydrogen-bond donors (Lipinski definition) is 1. The van der Waals surface area contributed by atoms with Crippen LogP contribution < -0.4 is 9.47 Å². The summed E-state index contributed by atoms with van der Waals surface area (Å²) in [6.07, 6.45) is 8.42. The van der Waals surface area contributed by atoms with E-state index in [1.54, 1.807) is 11.3 Å². The number of ketones is 1. The van der Waals surface area contributed by atoms with Crippen molar-refractivity contribution in [3.05, 3.63) is 45.1 Å². The van der Waals surface area contributed by atoms with Gasteiger partial charge in [0.25, 0.3) is 0 Å². The number of rotatable bonds is 13. The number of aliphatic carboxylic acids is 1. The molecule has 0 radical (unpaired) electrons. The number of hydrogen-bond acceptors (Lipinski definition) is 5. The van der Waals surface area contributed by atoms with Gasteiger partial charge < -0.3 is 14.6 Å². The number of carboxylic acid groups (broad SMARTS) is 1. The first-order valence-electron chi connectivity index (χ1n) is 11.3. The quantitative estimate of drug-likeness (QED) is 0.392. The van der Waals surface area contributed by atoms with Crippen molar-refractivity contribution in [2.24, 2.45) is 0 Å². The largest absolute Gasteiger partial charge is 0.493 e. The number of thiophene rings is 1. The third-order valence-corrected chi connectivity index (χ3v) is 6.62. The van der Waals surface area contributed by atoms with Crippen LogP contribution in [0.2, 0.25) is 0 Å². The van der Waals surface area contributed by atoms with Crippen LogP contribution in [-0.4, -0.2) is 30.1 Å². The SMILES string of the molecule is CCCc1c(OCCCCCCc2sccc2CCC(=O)O)ccc2c1OCCC2=O. The number of unbranched alkanes of at least 4 members (excludes halogenated alkanes) is 3. The minimum Gasteiger partial charge on any atom is -0.493 e. The molecule has 5 nitrogen and oxygen atoms in total. The van der Waals surface area contributed by atoms with Crippen molar-refractivity contribution in [2.75, 3.05) is 13.2 Å². The Balaban J connectivity index is 1.41. The zero-order chi connectivity index (χ0) is 22.1. The fraction of sp³-hybridized carbons (Fsp3) is 0.520. The summed E-state index contributed by atoms with van der Waals surface area (Å²) >= 11 is 1.73. The molecule has 168 valence electrons. The third kappa shape index (κ3) is 6.57. The second-order valence-electron chi connectivity index (χ2n) is 7.97. The van der Waals surface area contributed by atoms with Crippen LogP contribution in [0.4, 0.5) is 0 Å². The Morgan fingerprint density at radius 1 is 1.13 bits per heavy atom. The molecular formula is C25H32O5S. The first-order chi connectivity index (χ1) is 15.1. The van der Waals surface area contributed by atoms with Crippen LogP contribution in [0.25, 0.3) is 0 Å². The molecule has 0 unspecified atom stereocenters. The smallest absolute Gasteiger partial charge is 0.303 e. The molecule has 6 heteroatoms. The molecule has 0 bridgehead atoms. The highest BCUT2D eigenvalue weighted by Crippen LogP contribution is 2.36. The molecule has 1 aliphatic heterocycles. The summed E-state index contributed by atoms with van der Waals surface area (Å²) in [6, 6.07) is 5.82. The summed E-state index contributed by atoms with van der Waals surface area (Å²) in [5, 5.41) is 10.9. The molecule has 1 aromatic carbocycles. The molecule has 3 rings (SSSR count). The lowest BCUT2D eigenvalue weighted by Crippen LogP contribution is -2.17. The van der Waals surface area contributed by atoms with E-state index >= 15 is 0 Å². The topological polar surface area (TPSA) is 72.8 Å². The summed E-state index contributed by atoms with van der Waals surface area (Å²) in [7, 11) is 0. The highest BCUT2D eigenvalue weighted by molar-refractivity contribution is 7.10. The molecule has 2 heterocycles. The van der Waals surface area contributed by atoms with Crippen molar-refractivity contribution in [3.8, 4) is 11.5 Å². The highest BCUT2D eigenvalue weighted by Gasteiger charge is 2.23. The van der Waals surface area contributed by atoms with Gasteiger partial charge in [0.05, 0.1) is 18.8 Å². The molecular weight excluding hydrogens is 412 g/mol. The van der Waals surface area contributed by atoms with E-state index in [1.807, 2.05) is 12.1 Å². The molecule has 2 aromatic rings. The normalized spacial score (nSPS) is 13.0. The molecule has 0 saturated carbocycles. The Bertz CT molecular complexity index is 886. The Hall–Kier alpha value is -2.34. The average Bonchev–Trinajstić information content (AvgIpc) is 3.20. The lowest BCUT2D eigenvalue weighted by Gasteiger charge is -2.22. The molecule has 0 spiro atoms. The first kappa shape index (κ1) is 23.3. The number of aryl methyl sites for hydroxylation is 2. The molecule has 1 N–H and O–H groups in total. The van der Waals surface area contributed by atoms with Crippen LogP contribution in [0.15, 0.2) is 23.6 Å². The van der Waals surface area contributed by atoms with Gasteiger partial charge in [-0.15, -0.1) is 11.3 Å². The summed E-state index contributed by atoms with van der Waals surface area (Å²) < 4.78 is 11.9. The van der Waals surface area contributed by atoms with Gasteiger partial charge in [-0.1, -0.05) is 26.2 Å². The van der Waals surface area contributed by atoms with Gasteiger partial charge in [0.2, 0.25) is 0 Å². The van der Waals surface area contributed by atoms with E-state index in [2.05, 4.69) is 18.4 Å². The minimum atomic E-state index is -0.740. The molecule has 0 saturated heterocycles. The van der Waals surface area contributed by atoms with E-state index in [0.717, 1.165) is 62.0 Å². The molecule has 0 fully saturated rings. The number of carbonyl (C=O) groups excluding carboxylic acids is 1. The van der Waals surface area contributed by atoms with E-state index in [4.69, 9.17) is 14.6 Å². The van der Waals surface area contributed by atoms with E-state index < -0.39 is 5.97 Å². The monoisotopic (exact) mass is 444 g/mol. The molecule has 0 atom stereocenters. The summed E-state index contributed by atoms with van der Waals surface area (Å²) in [5.41, 5.74) is 2.91. The first-order valence-corrected chi connectivity index (χ1v) is 12.2. The highest BCUT2D eigenvalue weighted by atomic mass is 32.1. The van der Waals surface area contributed by atoms with Gasteiger partial charge in [0.15, 0.2) is 5.78 Å². The molecule has 31 heavy (non-hydrogen) atoms. The van der Waals surface area contributed by atoms with Gasteiger partial charge in [0, 0.05) is 23.3 Å². The van der Waals surface area contributed by atoms with Gasteiger partial charge in [0.1, 0.15) is 11.5 Å². The van der Waals surface area contributed by atoms with E-state index in [-0.39, 0.29) is 12.2 Å². The van der Waals surface area contributed by atoms with Gasteiger partial charge in [-0.3, -0.25) is 9.59 Å². The summed E-state index contributed by atoms with van der Waals surface area (Å²) in [4.78, 5) is 24.2. The fourth-order valence-electron chi connectivity index (χ4n) is 3.97. The van der Waals surface area contributed by atoms with Crippen molar-refractivity contribution in [2.45, 2.75) is 71.1 Å². The number of carboxylic acids is 1. The van der Waals surface area contributed by atoms with E-state index in [0.29, 0.717) is 31.6 Å². The number of fused-ring (bicyclic) bond motifs is 1. The lowest BCUT2D eigenvalue weighted by molar-refractivity contribution is -0.136. The molecule has 0 amide bonds. The second kappa shape index (κ2) is 11.9. The fourth-order valence-corrected chi connectivity index (χ4v) is 4.95. The van der Waals surface area contributed by atoms with Crippen molar-refractivity contribution in [1.82, 2.24) is 0 Å². The van der Waals surface area contributed by atoms with Crippen molar-refractivity contribution >= 4 is 23.1 Å². The van der Waals surface area contributed by atoms with Gasteiger partial charge >= 0.3 is 5.97 Å². The number of Topliss-reactive ketones (excluding diaryl/α,β-unsaturated/α-hetero) is 1. The maximum atomic E-state index is 12.1. The molecule has 0 aliphatic carbocycles. The Labute approximate surface area is 188 Å². The number of benzene rings is 1. The summed E-state index contributed by atoms with van der Waals surface area (Å²) in [5.74, 6) is 0.987. The van der Waals surface area contributed by atoms with E-state index in [1.165, 1.54) is 10.4 Å². The van der Waals surface area contributed by atoms with E-state index in [9.17, 15) is 9.59 Å². The predicted molar refractivity (Wildman–Crippen MR) is 123 cm³/mol. The van der Waals surface area contributed by atoms with Crippen LogP contribution in [-0.2, 0) is 24.1 Å². The maximum Gasteiger partial charge on any atom is 0.303 e. The Morgan fingerprint density at radius 2 is 1.97 bits per heavy atom. The van der Waals surface area contributed by atoms with Crippen LogP contribution in [0.1, 0.15) is 78.2 Å². The predicted octanol–water partition coefficient (Wildman–Crippen LogP) is 5.86. The maximum absolute atomic E-state index is 12.1. The van der Waals surface area contributed by atoms with Gasteiger partial charge in [-0.2, -0.15) is 0 Å². The van der Waals surface area contributed by atoms with Crippen LogP contribution in [0.3, 0.4) is 0 Å². The van der Waals surface area contributed by atoms with Crippen molar-refractivity contribution in [3.63, 3.8) is 0 Å². The van der Waals surface area contributed by atoms with Crippen LogP contribution in [0, 0.1) is 0 Å². The molecule has 1 aliphatic rings. The zero-order valence-electron chi connectivity index (χ0n) is 18.3. The van der Waals surface area contributed by atoms with Gasteiger partial charge in [-0.25, -0.2) is 0 Å². The zero-order valence-corrected chi connectivity index (χ0v) is 19.1. The molecule has 1 aromatic heterocycles. The van der Waals surface area contributed by atoms with Crippen molar-refractivity contribution in [1.29, 1.82) is 0 Å². The summed E-state index contributed by atoms with van der Waals surface area (Å²) in [6.45, 7) is 3.23. The standard InChI is InChI=1S/C25H32O5S/c1-2-7-20-22(11-10-19-21(26)13-16-30-25(19)20)29-15-6-4-3-5-8-23-18(14-17-31-23)9-12-24(27)28/h10-11,14,17H,2-9,12-13,15-16H2,1H3,(H,27,28). The lowest BCUT2D eigenvalue weighted by atomic mass is 9.98. The third-order valence-electron chi connectivity index (χ3n) is 5.60. The average molecular weight is 445 g/mol. The number of ether oxygens (including phenoxy) is 2.